The summed E-state index contributed by atoms with van der Waals surface area (Å²) in [5.41, 5.74) is 8.27. The largest absolute Gasteiger partial charge is 0.369 e. The Balaban J connectivity index is 2.55. The van der Waals surface area contributed by atoms with Gasteiger partial charge in [-0.2, -0.15) is 0 Å². The molecule has 1 aliphatic heterocycles. The molecule has 1 fully saturated rings. The van der Waals surface area contributed by atoms with E-state index in [1.165, 1.54) is 17.6 Å². The fourth-order valence-electron chi connectivity index (χ4n) is 1.81. The molecule has 2 N–H and O–H groups in total. The summed E-state index contributed by atoms with van der Waals surface area (Å²) in [6, 6.07) is 0. The normalized spacial score (nSPS) is 27.6. The third-order valence-electron chi connectivity index (χ3n) is 2.80. The van der Waals surface area contributed by atoms with Gasteiger partial charge in [-0.3, -0.25) is 0 Å². The third kappa shape index (κ3) is 4.18. The molecule has 0 amide bonds. The van der Waals surface area contributed by atoms with E-state index in [1.807, 2.05) is 0 Å². The lowest BCUT2D eigenvalue weighted by atomic mass is 9.99. The maximum Gasteiger partial charge on any atom is 0.0789 e. The Labute approximate surface area is 93.2 Å². The van der Waals surface area contributed by atoms with E-state index in [0.29, 0.717) is 6.54 Å². The molecule has 0 aliphatic carbocycles. The molecule has 2 atom stereocenters. The molecule has 0 aromatic heterocycles. The number of ether oxygens (including phenoxy) is 1. The van der Waals surface area contributed by atoms with Gasteiger partial charge < -0.3 is 10.5 Å². The highest BCUT2D eigenvalue weighted by Gasteiger charge is 2.21. The SMILES string of the molecule is CC(C)=C/C=C(\C)[C@@H]1CCC[C@H](CN)O1. The van der Waals surface area contributed by atoms with E-state index in [-0.39, 0.29) is 12.2 Å². The molecule has 0 saturated carbocycles. The number of nitrogens with two attached hydrogens (primary N) is 1. The molecule has 0 spiro atoms. The van der Waals surface area contributed by atoms with Crippen LogP contribution in [0.4, 0.5) is 0 Å². The Bertz CT molecular complexity index is 251. The minimum absolute atomic E-state index is 0.263. The van der Waals surface area contributed by atoms with Crippen LogP contribution in [0.5, 0.6) is 0 Å². The first-order valence-corrected chi connectivity index (χ1v) is 5.80. The van der Waals surface area contributed by atoms with E-state index in [2.05, 4.69) is 32.9 Å². The zero-order valence-electron chi connectivity index (χ0n) is 10.1. The van der Waals surface area contributed by atoms with Crippen molar-refractivity contribution in [1.82, 2.24) is 0 Å². The lowest BCUT2D eigenvalue weighted by Gasteiger charge is -2.29. The van der Waals surface area contributed by atoms with Crippen molar-refractivity contribution in [2.45, 2.75) is 52.2 Å². The van der Waals surface area contributed by atoms with Gasteiger partial charge in [0.2, 0.25) is 0 Å². The van der Waals surface area contributed by atoms with Crippen molar-refractivity contribution in [3.8, 4) is 0 Å². The Kier molecular flexibility index (Phi) is 5.06. The molecule has 1 aliphatic rings. The second-order valence-electron chi connectivity index (χ2n) is 4.57. The third-order valence-corrected chi connectivity index (χ3v) is 2.80. The molecule has 2 nitrogen and oxygen atoms in total. The fourth-order valence-corrected chi connectivity index (χ4v) is 1.81. The van der Waals surface area contributed by atoms with Crippen molar-refractivity contribution in [2.24, 2.45) is 5.73 Å². The molecule has 1 saturated heterocycles. The second kappa shape index (κ2) is 6.09. The van der Waals surface area contributed by atoms with Crippen LogP contribution in [0.2, 0.25) is 0 Å². The molecular formula is C13H23NO. The van der Waals surface area contributed by atoms with Gasteiger partial charge in [0.1, 0.15) is 0 Å². The highest BCUT2D eigenvalue weighted by Crippen LogP contribution is 2.23. The molecule has 0 radical (unpaired) electrons. The molecule has 0 unspecified atom stereocenters. The summed E-state index contributed by atoms with van der Waals surface area (Å²) in [6.45, 7) is 7.00. The molecule has 86 valence electrons. The topological polar surface area (TPSA) is 35.2 Å². The van der Waals surface area contributed by atoms with Crippen LogP contribution in [0.1, 0.15) is 40.0 Å². The molecule has 2 heteroatoms. The van der Waals surface area contributed by atoms with Gasteiger partial charge in [-0.1, -0.05) is 17.7 Å². The van der Waals surface area contributed by atoms with Crippen LogP contribution in [0.25, 0.3) is 0 Å². The van der Waals surface area contributed by atoms with Crippen LogP contribution in [-0.4, -0.2) is 18.8 Å². The number of hydrogen-bond donors (Lipinski definition) is 1. The van der Waals surface area contributed by atoms with Gasteiger partial charge in [-0.25, -0.2) is 0 Å². The zero-order chi connectivity index (χ0) is 11.3. The first-order chi connectivity index (χ1) is 7.13. The molecule has 0 bridgehead atoms. The fraction of sp³-hybridized carbons (Fsp3) is 0.692. The summed E-state index contributed by atoms with van der Waals surface area (Å²) in [5, 5.41) is 0. The minimum Gasteiger partial charge on any atom is -0.369 e. The smallest absolute Gasteiger partial charge is 0.0789 e. The van der Waals surface area contributed by atoms with Crippen molar-refractivity contribution < 1.29 is 4.74 Å². The van der Waals surface area contributed by atoms with Gasteiger partial charge in [-0.15, -0.1) is 0 Å². The average Bonchev–Trinajstić information content (AvgIpc) is 2.26. The summed E-state index contributed by atoms with van der Waals surface area (Å²) < 4.78 is 5.91. The predicted molar refractivity (Wildman–Crippen MR) is 64.8 cm³/mol. The van der Waals surface area contributed by atoms with Gasteiger partial charge in [0.15, 0.2) is 0 Å². The van der Waals surface area contributed by atoms with Crippen molar-refractivity contribution in [2.75, 3.05) is 6.54 Å². The molecule has 0 aromatic rings. The van der Waals surface area contributed by atoms with Gasteiger partial charge in [0, 0.05) is 6.54 Å². The van der Waals surface area contributed by atoms with Crippen LogP contribution in [0.3, 0.4) is 0 Å². The molecule has 15 heavy (non-hydrogen) atoms. The average molecular weight is 209 g/mol. The van der Waals surface area contributed by atoms with Crippen LogP contribution < -0.4 is 5.73 Å². The summed E-state index contributed by atoms with van der Waals surface area (Å²) in [4.78, 5) is 0. The summed E-state index contributed by atoms with van der Waals surface area (Å²) >= 11 is 0. The van der Waals surface area contributed by atoms with Crippen LogP contribution in [-0.2, 0) is 4.74 Å². The van der Waals surface area contributed by atoms with Crippen molar-refractivity contribution in [3.05, 3.63) is 23.3 Å². The van der Waals surface area contributed by atoms with Gasteiger partial charge in [0.05, 0.1) is 12.2 Å². The molecule has 1 heterocycles. The molecule has 0 aromatic carbocycles. The van der Waals surface area contributed by atoms with Gasteiger partial charge in [0.25, 0.3) is 0 Å². The zero-order valence-corrected chi connectivity index (χ0v) is 10.1. The minimum atomic E-state index is 0.263. The van der Waals surface area contributed by atoms with E-state index >= 15 is 0 Å². The first kappa shape index (κ1) is 12.5. The van der Waals surface area contributed by atoms with Gasteiger partial charge >= 0.3 is 0 Å². The second-order valence-corrected chi connectivity index (χ2v) is 4.57. The Morgan fingerprint density at radius 1 is 1.27 bits per heavy atom. The Hall–Kier alpha value is -0.600. The van der Waals surface area contributed by atoms with E-state index < -0.39 is 0 Å². The highest BCUT2D eigenvalue weighted by molar-refractivity contribution is 5.17. The van der Waals surface area contributed by atoms with Crippen molar-refractivity contribution >= 4 is 0 Å². The van der Waals surface area contributed by atoms with E-state index in [0.717, 1.165) is 12.8 Å². The van der Waals surface area contributed by atoms with Crippen LogP contribution in [0, 0.1) is 0 Å². The number of hydrogen-bond acceptors (Lipinski definition) is 2. The molecular weight excluding hydrogens is 186 g/mol. The Morgan fingerprint density at radius 3 is 2.60 bits per heavy atom. The maximum atomic E-state index is 5.91. The Morgan fingerprint density at radius 2 is 2.00 bits per heavy atom. The molecule has 1 rings (SSSR count). The van der Waals surface area contributed by atoms with E-state index in [1.54, 1.807) is 0 Å². The highest BCUT2D eigenvalue weighted by atomic mass is 16.5. The summed E-state index contributed by atoms with van der Waals surface area (Å²) in [6.07, 6.45) is 8.33. The quantitative estimate of drug-likeness (QED) is 0.725. The number of rotatable bonds is 3. The lowest BCUT2D eigenvalue weighted by molar-refractivity contribution is -0.0251. The monoisotopic (exact) mass is 209 g/mol. The summed E-state index contributed by atoms with van der Waals surface area (Å²) in [5.74, 6) is 0. The number of allylic oxidation sites excluding steroid dienone is 3. The maximum absolute atomic E-state index is 5.91. The van der Waals surface area contributed by atoms with E-state index in [9.17, 15) is 0 Å². The first-order valence-electron chi connectivity index (χ1n) is 5.80. The van der Waals surface area contributed by atoms with Crippen molar-refractivity contribution in [1.29, 1.82) is 0 Å². The summed E-state index contributed by atoms with van der Waals surface area (Å²) in [7, 11) is 0. The van der Waals surface area contributed by atoms with Crippen LogP contribution in [0.15, 0.2) is 23.3 Å². The lowest BCUT2D eigenvalue weighted by Crippen LogP contribution is -2.33. The van der Waals surface area contributed by atoms with Crippen LogP contribution >= 0.6 is 0 Å². The van der Waals surface area contributed by atoms with Gasteiger partial charge in [-0.05, 0) is 45.6 Å². The predicted octanol–water partition coefficient (Wildman–Crippen LogP) is 2.80. The standard InChI is InChI=1S/C13H23NO/c1-10(2)7-8-11(3)13-6-4-5-12(9-14)15-13/h7-8,12-13H,4-6,9,14H2,1-3H3/b11-8+/t12-,13+/m1/s1. The van der Waals surface area contributed by atoms with Crippen molar-refractivity contribution in [3.63, 3.8) is 0 Å². The van der Waals surface area contributed by atoms with E-state index in [4.69, 9.17) is 10.5 Å².